The average Bonchev–Trinajstić information content (AvgIpc) is 3.47. The first-order valence-electron chi connectivity index (χ1n) is 31.0. The minimum atomic E-state index is -1.98. The Morgan fingerprint density at radius 2 is 0.864 bits per heavy atom. The van der Waals surface area contributed by atoms with E-state index >= 15 is 0 Å². The molecule has 3 heterocycles. The van der Waals surface area contributed by atoms with Gasteiger partial charge in [0.15, 0.2) is 18.9 Å². The molecule has 12 N–H and O–H groups in total. The highest BCUT2D eigenvalue weighted by Gasteiger charge is 2.53. The maximum atomic E-state index is 13.3. The lowest BCUT2D eigenvalue weighted by molar-refractivity contribution is -0.379. The number of carbonyl (C=O) groups is 1. The highest BCUT2D eigenvalue weighted by Crippen LogP contribution is 2.33. The van der Waals surface area contributed by atoms with Crippen molar-refractivity contribution in [2.45, 2.75) is 298 Å². The molecule has 0 bridgehead atoms. The highest BCUT2D eigenvalue weighted by atomic mass is 16.8. The van der Waals surface area contributed by atoms with Crippen LogP contribution in [0.1, 0.15) is 194 Å². The maximum Gasteiger partial charge on any atom is 0.220 e. The van der Waals surface area contributed by atoms with E-state index < -0.39 is 124 Å². The van der Waals surface area contributed by atoms with E-state index in [-0.39, 0.29) is 18.9 Å². The molecule has 0 aromatic carbocycles. The molecule has 17 unspecified atom stereocenters. The zero-order valence-electron chi connectivity index (χ0n) is 49.0. The van der Waals surface area contributed by atoms with Crippen LogP contribution in [0.5, 0.6) is 0 Å². The largest absolute Gasteiger partial charge is 0.394 e. The molecular weight excluding hydrogens is 1050 g/mol. The van der Waals surface area contributed by atoms with Crippen molar-refractivity contribution in [3.63, 3.8) is 0 Å². The number of ether oxygens (including phenoxy) is 6. The Morgan fingerprint density at radius 1 is 0.457 bits per heavy atom. The summed E-state index contributed by atoms with van der Waals surface area (Å²) < 4.78 is 34.2. The van der Waals surface area contributed by atoms with E-state index in [1.165, 1.54) is 77.0 Å². The molecule has 0 aromatic heterocycles. The van der Waals surface area contributed by atoms with Gasteiger partial charge in [0.25, 0.3) is 0 Å². The molecule has 19 nitrogen and oxygen atoms in total. The van der Waals surface area contributed by atoms with Crippen LogP contribution in [0, 0.1) is 0 Å². The van der Waals surface area contributed by atoms with Crippen LogP contribution in [0.15, 0.2) is 60.8 Å². The Hall–Kier alpha value is -2.51. The number of hydrogen-bond donors (Lipinski definition) is 12. The van der Waals surface area contributed by atoms with Gasteiger partial charge < -0.3 is 89.9 Å². The van der Waals surface area contributed by atoms with E-state index in [4.69, 9.17) is 28.4 Å². The molecule has 81 heavy (non-hydrogen) atoms. The van der Waals surface area contributed by atoms with Gasteiger partial charge >= 0.3 is 0 Å². The van der Waals surface area contributed by atoms with Crippen molar-refractivity contribution in [1.29, 1.82) is 0 Å². The quantitative estimate of drug-likeness (QED) is 0.0244. The summed E-state index contributed by atoms with van der Waals surface area (Å²) in [7, 11) is 0. The Labute approximate surface area is 484 Å². The van der Waals surface area contributed by atoms with Gasteiger partial charge in [0.1, 0.15) is 73.2 Å². The van der Waals surface area contributed by atoms with Crippen LogP contribution in [0.2, 0.25) is 0 Å². The molecule has 0 aliphatic carbocycles. The lowest BCUT2D eigenvalue weighted by Crippen LogP contribution is -2.66. The van der Waals surface area contributed by atoms with Crippen molar-refractivity contribution in [3.8, 4) is 0 Å². The van der Waals surface area contributed by atoms with Crippen molar-refractivity contribution in [2.24, 2.45) is 0 Å². The molecule has 19 heteroatoms. The van der Waals surface area contributed by atoms with Gasteiger partial charge in [-0.25, -0.2) is 0 Å². The predicted octanol–water partition coefficient (Wildman–Crippen LogP) is 6.04. The van der Waals surface area contributed by atoms with Crippen LogP contribution in [-0.4, -0.2) is 193 Å². The predicted molar refractivity (Wildman–Crippen MR) is 309 cm³/mol. The highest BCUT2D eigenvalue weighted by molar-refractivity contribution is 5.76. The van der Waals surface area contributed by atoms with Gasteiger partial charge in [-0.15, -0.1) is 0 Å². The molecule has 0 radical (unpaired) electrons. The summed E-state index contributed by atoms with van der Waals surface area (Å²) >= 11 is 0. The zero-order chi connectivity index (χ0) is 59.0. The number of aliphatic hydroxyl groups excluding tert-OH is 11. The second-order valence-corrected chi connectivity index (χ2v) is 22.1. The van der Waals surface area contributed by atoms with Gasteiger partial charge in [0.05, 0.1) is 38.6 Å². The number of aliphatic hydroxyl groups is 11. The third kappa shape index (κ3) is 28.5. The fourth-order valence-electron chi connectivity index (χ4n) is 10.2. The summed E-state index contributed by atoms with van der Waals surface area (Å²) in [5, 5.41) is 120. The molecule has 3 aliphatic heterocycles. The van der Waals surface area contributed by atoms with E-state index in [2.05, 4.69) is 67.8 Å². The second kappa shape index (κ2) is 44.9. The first-order chi connectivity index (χ1) is 39.3. The first kappa shape index (κ1) is 72.7. The normalized spacial score (nSPS) is 30.2. The van der Waals surface area contributed by atoms with Crippen molar-refractivity contribution in [1.82, 2.24) is 5.32 Å². The van der Waals surface area contributed by atoms with Crippen LogP contribution in [0.25, 0.3) is 0 Å². The van der Waals surface area contributed by atoms with Gasteiger partial charge in [-0.1, -0.05) is 184 Å². The molecule has 470 valence electrons. The van der Waals surface area contributed by atoms with E-state index in [0.717, 1.165) is 83.5 Å². The van der Waals surface area contributed by atoms with Crippen molar-refractivity contribution >= 4 is 5.91 Å². The van der Waals surface area contributed by atoms with Gasteiger partial charge in [-0.05, 0) is 64.2 Å². The molecule has 0 spiro atoms. The van der Waals surface area contributed by atoms with Crippen LogP contribution >= 0.6 is 0 Å². The third-order valence-corrected chi connectivity index (χ3v) is 15.3. The number of amides is 1. The summed E-state index contributed by atoms with van der Waals surface area (Å²) in [6, 6.07) is -0.997. The number of nitrogens with one attached hydrogen (secondary N) is 1. The molecule has 3 aliphatic rings. The Morgan fingerprint density at radius 3 is 1.38 bits per heavy atom. The molecule has 0 aromatic rings. The number of carbonyl (C=O) groups excluding carboxylic acids is 1. The summed E-state index contributed by atoms with van der Waals surface area (Å²) in [4.78, 5) is 13.3. The lowest BCUT2D eigenvalue weighted by Gasteiger charge is -2.48. The lowest BCUT2D eigenvalue weighted by atomic mass is 9.96. The first-order valence-corrected chi connectivity index (χ1v) is 31.0. The Kier molecular flexibility index (Phi) is 40.3. The number of allylic oxidation sites excluding steroid dienone is 9. The van der Waals surface area contributed by atoms with Crippen molar-refractivity contribution in [2.75, 3.05) is 26.4 Å². The Bertz CT molecular complexity index is 1710. The number of rotatable bonds is 45. The fourth-order valence-corrected chi connectivity index (χ4v) is 10.2. The Balaban J connectivity index is 1.51. The maximum absolute atomic E-state index is 13.3. The van der Waals surface area contributed by atoms with Crippen LogP contribution in [0.3, 0.4) is 0 Å². The van der Waals surface area contributed by atoms with Gasteiger partial charge in [-0.3, -0.25) is 4.79 Å². The molecule has 1 amide bonds. The molecule has 3 rings (SSSR count). The number of unbranched alkanes of at least 4 members (excludes halogenated alkanes) is 21. The van der Waals surface area contributed by atoms with Crippen molar-refractivity contribution in [3.05, 3.63) is 60.8 Å². The van der Waals surface area contributed by atoms with E-state index in [0.29, 0.717) is 12.8 Å². The SMILES string of the molecule is CC/C=C\C/C=C\C/C=C\CCCCCCCCCC(=O)NC(COC1OC(CO)C(OC2OC(CO)C(OC3OC(CO)C(O)C(O)C3O)C(O)C2O)C(O)C1O)C(O)/C=C/CC/C=C/CCCCCCCCCCCCCCC. The van der Waals surface area contributed by atoms with Gasteiger partial charge in [0.2, 0.25) is 5.91 Å². The van der Waals surface area contributed by atoms with E-state index in [9.17, 15) is 61.0 Å². The van der Waals surface area contributed by atoms with E-state index in [1.807, 2.05) is 6.08 Å². The van der Waals surface area contributed by atoms with Gasteiger partial charge in [-0.2, -0.15) is 0 Å². The third-order valence-electron chi connectivity index (χ3n) is 15.3. The zero-order valence-corrected chi connectivity index (χ0v) is 49.0. The average molecular weight is 1160 g/mol. The minimum absolute atomic E-state index is 0.222. The standard InChI is InChI=1S/C62H109NO18/c1-3-5-7-9-11-13-15-17-19-21-22-24-25-27-29-31-33-35-37-39-46(67)45(63-50(68)40-38-36-34-32-30-28-26-23-20-18-16-14-12-10-8-6-4-2)44-76-60-56(74)53(71)58(48(42-65)78-60)81-62-57(75)54(72)59(49(43-66)79-62)80-61-55(73)52(70)51(69)47(41-64)77-61/h6,8,12,14,18,20,29,31,37,39,45-49,51-62,64-67,69-75H,3-5,7,9-11,13,15-17,19,21-28,30,32-36,38,40-44H2,1-2H3,(H,63,68)/b8-6-,14-12-,20-18-,31-29+,39-37+. The number of hydrogen-bond acceptors (Lipinski definition) is 18. The summed E-state index contributed by atoms with van der Waals surface area (Å²) in [6.45, 7) is 1.58. The molecule has 3 saturated heterocycles. The summed E-state index contributed by atoms with van der Waals surface area (Å²) in [5.41, 5.74) is 0. The monoisotopic (exact) mass is 1160 g/mol. The molecular formula is C62H109NO18. The van der Waals surface area contributed by atoms with Crippen LogP contribution < -0.4 is 5.32 Å². The van der Waals surface area contributed by atoms with Gasteiger partial charge in [0, 0.05) is 6.42 Å². The summed E-state index contributed by atoms with van der Waals surface area (Å²) in [5.74, 6) is -0.298. The summed E-state index contributed by atoms with van der Waals surface area (Å²) in [6.07, 6.45) is 24.8. The molecule has 17 atom stereocenters. The van der Waals surface area contributed by atoms with Crippen LogP contribution in [0.4, 0.5) is 0 Å². The fraction of sp³-hybridized carbons (Fsp3) is 0.823. The smallest absolute Gasteiger partial charge is 0.220 e. The van der Waals surface area contributed by atoms with Crippen molar-refractivity contribution < 1.29 is 89.4 Å². The minimum Gasteiger partial charge on any atom is -0.394 e. The van der Waals surface area contributed by atoms with E-state index in [1.54, 1.807) is 6.08 Å². The molecule has 0 saturated carbocycles. The topological polar surface area (TPSA) is 307 Å². The molecule has 3 fully saturated rings. The second-order valence-electron chi connectivity index (χ2n) is 22.1. The van der Waals surface area contributed by atoms with Crippen LogP contribution in [-0.2, 0) is 33.2 Å².